The zero-order chi connectivity index (χ0) is 38.2. The number of allylic oxidation sites excluding steroid dienone is 1. The van der Waals surface area contributed by atoms with Gasteiger partial charge in [-0.25, -0.2) is 4.57 Å². The van der Waals surface area contributed by atoms with E-state index in [9.17, 15) is 19.4 Å². The second-order valence-corrected chi connectivity index (χ2v) is 16.7. The molecule has 0 saturated carbocycles. The third-order valence-corrected chi connectivity index (χ3v) is 11.1. The molecule has 3 atom stereocenters. The van der Waals surface area contributed by atoms with E-state index in [1.807, 2.05) is 6.08 Å². The lowest BCUT2D eigenvalue weighted by molar-refractivity contribution is -0.123. The Morgan fingerprint density at radius 3 is 1.37 bits per heavy atom. The standard InChI is InChI=1S/C43H87N2O6P/c1-3-5-7-9-11-13-15-17-19-21-23-25-27-29-31-33-35-37-43(47)45-41(40-51-52(48,49)50-39-38-44)42(46)36-34-32-30-28-26-24-22-20-18-16-14-12-10-8-6-4-2/h34,36,41-42,46H,3-33,35,37-40,44H2,1-2H3,(H,45,47)(H,48,49)/b36-34+. The number of aliphatic hydroxyl groups excluding tert-OH is 1. The van der Waals surface area contributed by atoms with Gasteiger partial charge in [-0.05, 0) is 19.3 Å². The molecule has 0 bridgehead atoms. The van der Waals surface area contributed by atoms with Crippen LogP contribution in [0.15, 0.2) is 12.2 Å². The summed E-state index contributed by atoms with van der Waals surface area (Å²) in [5.41, 5.74) is 5.37. The number of rotatable bonds is 42. The molecule has 52 heavy (non-hydrogen) atoms. The van der Waals surface area contributed by atoms with Gasteiger partial charge in [0.05, 0.1) is 25.4 Å². The second-order valence-electron chi connectivity index (χ2n) is 15.3. The Labute approximate surface area is 322 Å². The molecule has 5 N–H and O–H groups in total. The number of aliphatic hydroxyl groups is 1. The average molecular weight is 759 g/mol. The molecule has 0 heterocycles. The molecule has 0 rings (SSSR count). The molecule has 0 spiro atoms. The second kappa shape index (κ2) is 39.9. The van der Waals surface area contributed by atoms with E-state index in [4.69, 9.17) is 14.8 Å². The first-order valence-electron chi connectivity index (χ1n) is 22.3. The van der Waals surface area contributed by atoms with Crippen LogP contribution in [0.2, 0.25) is 0 Å². The molecule has 0 aliphatic rings. The zero-order valence-corrected chi connectivity index (χ0v) is 35.2. The molecular formula is C43H87N2O6P. The van der Waals surface area contributed by atoms with E-state index in [0.717, 1.165) is 38.5 Å². The first-order valence-corrected chi connectivity index (χ1v) is 23.8. The van der Waals surface area contributed by atoms with Crippen LogP contribution in [0, 0.1) is 0 Å². The van der Waals surface area contributed by atoms with E-state index in [-0.39, 0.29) is 25.7 Å². The number of hydrogen-bond donors (Lipinski definition) is 4. The molecule has 0 aromatic carbocycles. The fourth-order valence-corrected chi connectivity index (χ4v) is 7.48. The summed E-state index contributed by atoms with van der Waals surface area (Å²) in [7, 11) is -4.33. The predicted octanol–water partition coefficient (Wildman–Crippen LogP) is 12.4. The Kier molecular flexibility index (Phi) is 39.3. The maximum atomic E-state index is 12.8. The van der Waals surface area contributed by atoms with Crippen LogP contribution in [0.1, 0.15) is 226 Å². The van der Waals surface area contributed by atoms with E-state index in [1.165, 1.54) is 167 Å². The topological polar surface area (TPSA) is 131 Å². The van der Waals surface area contributed by atoms with Crippen molar-refractivity contribution in [1.29, 1.82) is 0 Å². The van der Waals surface area contributed by atoms with Gasteiger partial charge in [0.25, 0.3) is 0 Å². The van der Waals surface area contributed by atoms with Gasteiger partial charge in [0.1, 0.15) is 0 Å². The van der Waals surface area contributed by atoms with Crippen molar-refractivity contribution in [3.8, 4) is 0 Å². The summed E-state index contributed by atoms with van der Waals surface area (Å²) in [6.07, 6.45) is 44.0. The third kappa shape index (κ3) is 37.6. The Bertz CT molecular complexity index is 829. The molecule has 0 radical (unpaired) electrons. The quantitative estimate of drug-likeness (QED) is 0.0277. The SMILES string of the molecule is CCCCCCCCCCCCCCCC/C=C/C(O)C(COP(=O)(O)OCCN)NC(=O)CCCCCCCCCCCCCCCCCCC. The van der Waals surface area contributed by atoms with Crippen LogP contribution in [0.25, 0.3) is 0 Å². The Morgan fingerprint density at radius 1 is 0.615 bits per heavy atom. The summed E-state index contributed by atoms with van der Waals surface area (Å²) in [5.74, 6) is -0.190. The summed E-state index contributed by atoms with van der Waals surface area (Å²) in [5, 5.41) is 13.7. The smallest absolute Gasteiger partial charge is 0.387 e. The third-order valence-electron chi connectivity index (χ3n) is 10.1. The summed E-state index contributed by atoms with van der Waals surface area (Å²) in [6.45, 7) is 4.16. The van der Waals surface area contributed by atoms with Gasteiger partial charge < -0.3 is 21.1 Å². The molecule has 3 unspecified atom stereocenters. The van der Waals surface area contributed by atoms with Crippen molar-refractivity contribution in [3.63, 3.8) is 0 Å². The number of carbonyl (C=O) groups is 1. The first kappa shape index (κ1) is 51.2. The average Bonchev–Trinajstić information content (AvgIpc) is 3.13. The monoisotopic (exact) mass is 759 g/mol. The molecule has 0 fully saturated rings. The highest BCUT2D eigenvalue weighted by Gasteiger charge is 2.26. The number of nitrogens with two attached hydrogens (primary N) is 1. The molecule has 310 valence electrons. The van der Waals surface area contributed by atoms with E-state index >= 15 is 0 Å². The number of amides is 1. The number of carbonyl (C=O) groups excluding carboxylic acids is 1. The molecule has 0 aliphatic heterocycles. The highest BCUT2D eigenvalue weighted by Crippen LogP contribution is 2.43. The Balaban J connectivity index is 4.17. The maximum absolute atomic E-state index is 12.8. The lowest BCUT2D eigenvalue weighted by Crippen LogP contribution is -2.45. The van der Waals surface area contributed by atoms with Crippen molar-refractivity contribution in [3.05, 3.63) is 12.2 Å². The number of nitrogens with one attached hydrogen (secondary N) is 1. The molecule has 0 aromatic heterocycles. The van der Waals surface area contributed by atoms with Gasteiger partial charge in [-0.2, -0.15) is 0 Å². The van der Waals surface area contributed by atoms with Gasteiger partial charge in [-0.15, -0.1) is 0 Å². The minimum atomic E-state index is -4.33. The summed E-state index contributed by atoms with van der Waals surface area (Å²) >= 11 is 0. The predicted molar refractivity (Wildman–Crippen MR) is 222 cm³/mol. The van der Waals surface area contributed by atoms with E-state index in [0.29, 0.717) is 6.42 Å². The molecule has 0 aliphatic carbocycles. The Hall–Kier alpha value is -0.760. The highest BCUT2D eigenvalue weighted by molar-refractivity contribution is 7.47. The van der Waals surface area contributed by atoms with Gasteiger partial charge in [-0.3, -0.25) is 13.8 Å². The number of phosphoric ester groups is 1. The normalized spacial score (nSPS) is 14.2. The van der Waals surface area contributed by atoms with E-state index < -0.39 is 20.0 Å². The molecule has 8 nitrogen and oxygen atoms in total. The van der Waals surface area contributed by atoms with Gasteiger partial charge in [0, 0.05) is 13.0 Å². The lowest BCUT2D eigenvalue weighted by Gasteiger charge is -2.23. The van der Waals surface area contributed by atoms with E-state index in [2.05, 4.69) is 19.2 Å². The van der Waals surface area contributed by atoms with Crippen molar-refractivity contribution >= 4 is 13.7 Å². The molecule has 1 amide bonds. The lowest BCUT2D eigenvalue weighted by atomic mass is 10.0. The molecule has 9 heteroatoms. The van der Waals surface area contributed by atoms with E-state index in [1.54, 1.807) is 6.08 Å². The van der Waals surface area contributed by atoms with Crippen LogP contribution in [-0.4, -0.2) is 47.8 Å². The van der Waals surface area contributed by atoms with Crippen molar-refractivity contribution in [2.24, 2.45) is 5.73 Å². The van der Waals surface area contributed by atoms with Crippen LogP contribution in [-0.2, 0) is 18.4 Å². The van der Waals surface area contributed by atoms with Gasteiger partial charge in [0.2, 0.25) is 5.91 Å². The van der Waals surface area contributed by atoms with Crippen LogP contribution in [0.3, 0.4) is 0 Å². The molecule has 0 aromatic rings. The van der Waals surface area contributed by atoms with Crippen LogP contribution >= 0.6 is 7.82 Å². The maximum Gasteiger partial charge on any atom is 0.472 e. The number of hydrogen-bond acceptors (Lipinski definition) is 6. The highest BCUT2D eigenvalue weighted by atomic mass is 31.2. The van der Waals surface area contributed by atoms with Gasteiger partial charge in [0.15, 0.2) is 0 Å². The summed E-state index contributed by atoms with van der Waals surface area (Å²) < 4.78 is 22.1. The van der Waals surface area contributed by atoms with Gasteiger partial charge >= 0.3 is 7.82 Å². The van der Waals surface area contributed by atoms with Crippen molar-refractivity contribution in [1.82, 2.24) is 5.32 Å². The van der Waals surface area contributed by atoms with Crippen molar-refractivity contribution < 1.29 is 28.4 Å². The van der Waals surface area contributed by atoms with Crippen LogP contribution < -0.4 is 11.1 Å². The largest absolute Gasteiger partial charge is 0.472 e. The van der Waals surface area contributed by atoms with Crippen LogP contribution in [0.5, 0.6) is 0 Å². The van der Waals surface area contributed by atoms with Crippen LogP contribution in [0.4, 0.5) is 0 Å². The number of phosphoric acid groups is 1. The van der Waals surface area contributed by atoms with Gasteiger partial charge in [-0.1, -0.05) is 212 Å². The minimum absolute atomic E-state index is 0.0814. The number of unbranched alkanes of at least 4 members (excludes halogenated alkanes) is 30. The zero-order valence-electron chi connectivity index (χ0n) is 34.3. The molecular weight excluding hydrogens is 671 g/mol. The van der Waals surface area contributed by atoms with Crippen molar-refractivity contribution in [2.45, 2.75) is 238 Å². The Morgan fingerprint density at radius 2 is 0.981 bits per heavy atom. The first-order chi connectivity index (χ1) is 25.4. The van der Waals surface area contributed by atoms with Crippen molar-refractivity contribution in [2.75, 3.05) is 19.8 Å². The summed E-state index contributed by atoms with van der Waals surface area (Å²) in [6, 6.07) is -0.854. The fourth-order valence-electron chi connectivity index (χ4n) is 6.72. The minimum Gasteiger partial charge on any atom is -0.387 e. The fraction of sp³-hybridized carbons (Fsp3) is 0.930. The molecule has 0 saturated heterocycles. The summed E-state index contributed by atoms with van der Waals surface area (Å²) in [4.78, 5) is 22.7.